The number of aromatic nitrogens is 1. The summed E-state index contributed by atoms with van der Waals surface area (Å²) < 4.78 is 0.922. The number of nitrogens with zero attached hydrogens (tertiary/aromatic N) is 1. The monoisotopic (exact) mass is 316 g/mol. The van der Waals surface area contributed by atoms with E-state index in [0.29, 0.717) is 11.1 Å². The Morgan fingerprint density at radius 1 is 1.18 bits per heavy atom. The zero-order chi connectivity index (χ0) is 12.1. The summed E-state index contributed by atoms with van der Waals surface area (Å²) in [5.41, 5.74) is 0. The molecule has 4 heteroatoms. The van der Waals surface area contributed by atoms with Crippen LogP contribution in [0.5, 0.6) is 0 Å². The van der Waals surface area contributed by atoms with E-state index in [1.54, 1.807) is 6.20 Å². The number of anilines is 1. The predicted molar refractivity (Wildman–Crippen MR) is 76.7 cm³/mol. The molecule has 2 rings (SSSR count). The smallest absolute Gasteiger partial charge is 0.145 e. The van der Waals surface area contributed by atoms with Crippen LogP contribution in [0.15, 0.2) is 16.7 Å². The summed E-state index contributed by atoms with van der Waals surface area (Å²) in [5.74, 6) is 0.820. The molecule has 0 atom stereocenters. The molecule has 2 nitrogen and oxygen atoms in total. The summed E-state index contributed by atoms with van der Waals surface area (Å²) in [4.78, 5) is 4.34. The number of nitrogens with one attached hydrogen (secondary N) is 1. The molecular weight excluding hydrogens is 300 g/mol. The van der Waals surface area contributed by atoms with E-state index in [4.69, 9.17) is 11.6 Å². The standard InChI is InChI=1S/C13H18BrClN2/c14-10-8-12(15)13(16-9-10)17-11-6-4-2-1-3-5-7-11/h8-9,11H,1-7H2,(H,16,17). The Hall–Kier alpha value is -0.280. The molecule has 1 aromatic rings. The third kappa shape index (κ3) is 4.14. The lowest BCUT2D eigenvalue weighted by Gasteiger charge is -2.22. The van der Waals surface area contributed by atoms with Gasteiger partial charge in [-0.1, -0.05) is 43.7 Å². The molecule has 1 fully saturated rings. The highest BCUT2D eigenvalue weighted by Crippen LogP contribution is 2.26. The molecule has 1 aliphatic rings. The molecule has 0 bridgehead atoms. The normalized spacial score (nSPS) is 18.5. The molecule has 0 unspecified atom stereocenters. The van der Waals surface area contributed by atoms with Gasteiger partial charge >= 0.3 is 0 Å². The van der Waals surface area contributed by atoms with E-state index in [1.165, 1.54) is 44.9 Å². The van der Waals surface area contributed by atoms with Crippen molar-refractivity contribution in [1.29, 1.82) is 0 Å². The lowest BCUT2D eigenvalue weighted by atomic mass is 9.97. The van der Waals surface area contributed by atoms with Crippen molar-refractivity contribution in [2.45, 2.75) is 51.0 Å². The average molecular weight is 318 g/mol. The minimum Gasteiger partial charge on any atom is -0.366 e. The molecule has 0 aliphatic heterocycles. The van der Waals surface area contributed by atoms with Crippen molar-refractivity contribution in [3.05, 3.63) is 21.8 Å². The number of rotatable bonds is 2. The van der Waals surface area contributed by atoms with Crippen LogP contribution in [0.3, 0.4) is 0 Å². The summed E-state index contributed by atoms with van der Waals surface area (Å²) in [6.45, 7) is 0. The van der Waals surface area contributed by atoms with Crippen LogP contribution in [0, 0.1) is 0 Å². The number of hydrogen-bond acceptors (Lipinski definition) is 2. The molecule has 17 heavy (non-hydrogen) atoms. The topological polar surface area (TPSA) is 24.9 Å². The van der Waals surface area contributed by atoms with Gasteiger partial charge in [-0.2, -0.15) is 0 Å². The van der Waals surface area contributed by atoms with Gasteiger partial charge < -0.3 is 5.32 Å². The summed E-state index contributed by atoms with van der Waals surface area (Å²) in [5, 5.41) is 4.18. The van der Waals surface area contributed by atoms with E-state index in [0.717, 1.165) is 10.3 Å². The summed E-state index contributed by atoms with van der Waals surface area (Å²) in [6.07, 6.45) is 11.0. The minimum absolute atomic E-state index is 0.529. The quantitative estimate of drug-likeness (QED) is 0.828. The Labute approximate surface area is 116 Å². The van der Waals surface area contributed by atoms with Crippen LogP contribution in [-0.4, -0.2) is 11.0 Å². The van der Waals surface area contributed by atoms with Crippen molar-refractivity contribution in [3.63, 3.8) is 0 Å². The SMILES string of the molecule is Clc1cc(Br)cnc1NC1CCCCCCC1. The van der Waals surface area contributed by atoms with Crippen LogP contribution < -0.4 is 5.32 Å². The lowest BCUT2D eigenvalue weighted by Crippen LogP contribution is -2.21. The van der Waals surface area contributed by atoms with Crippen molar-refractivity contribution in [2.24, 2.45) is 0 Å². The van der Waals surface area contributed by atoms with Gasteiger partial charge in [-0.05, 0) is 34.8 Å². The van der Waals surface area contributed by atoms with Gasteiger partial charge in [-0.25, -0.2) is 4.98 Å². The number of pyridine rings is 1. The molecule has 1 aliphatic carbocycles. The van der Waals surface area contributed by atoms with Crippen molar-refractivity contribution >= 4 is 33.3 Å². The van der Waals surface area contributed by atoms with Crippen LogP contribution in [0.4, 0.5) is 5.82 Å². The average Bonchev–Trinajstić information content (AvgIpc) is 2.25. The molecule has 1 heterocycles. The number of hydrogen-bond donors (Lipinski definition) is 1. The Balaban J connectivity index is 1.98. The fourth-order valence-corrected chi connectivity index (χ4v) is 3.00. The van der Waals surface area contributed by atoms with E-state index in [2.05, 4.69) is 26.2 Å². The maximum absolute atomic E-state index is 6.17. The van der Waals surface area contributed by atoms with Gasteiger partial charge in [-0.3, -0.25) is 0 Å². The molecular formula is C13H18BrClN2. The minimum atomic E-state index is 0.529. The summed E-state index contributed by atoms with van der Waals surface area (Å²) in [7, 11) is 0. The molecule has 1 N–H and O–H groups in total. The van der Waals surface area contributed by atoms with Crippen molar-refractivity contribution in [1.82, 2.24) is 4.98 Å². The first kappa shape index (κ1) is 13.2. The molecule has 0 amide bonds. The van der Waals surface area contributed by atoms with Gasteiger partial charge in [0.15, 0.2) is 0 Å². The van der Waals surface area contributed by atoms with E-state index >= 15 is 0 Å². The molecule has 0 spiro atoms. The van der Waals surface area contributed by atoms with Crippen LogP contribution in [0.25, 0.3) is 0 Å². The molecule has 94 valence electrons. The van der Waals surface area contributed by atoms with Gasteiger partial charge in [0, 0.05) is 16.7 Å². The van der Waals surface area contributed by atoms with Gasteiger partial charge in [0.2, 0.25) is 0 Å². The van der Waals surface area contributed by atoms with Crippen LogP contribution in [0.1, 0.15) is 44.9 Å². The van der Waals surface area contributed by atoms with E-state index < -0.39 is 0 Å². The Kier molecular flexibility index (Phi) is 5.11. The first-order valence-corrected chi connectivity index (χ1v) is 7.50. The molecule has 0 aromatic carbocycles. The van der Waals surface area contributed by atoms with E-state index in [-0.39, 0.29) is 0 Å². The van der Waals surface area contributed by atoms with Crippen LogP contribution in [-0.2, 0) is 0 Å². The van der Waals surface area contributed by atoms with Crippen molar-refractivity contribution < 1.29 is 0 Å². The summed E-state index contributed by atoms with van der Waals surface area (Å²) >= 11 is 9.54. The van der Waals surface area contributed by atoms with Gasteiger partial charge in [-0.15, -0.1) is 0 Å². The van der Waals surface area contributed by atoms with E-state index in [9.17, 15) is 0 Å². The lowest BCUT2D eigenvalue weighted by molar-refractivity contribution is 0.471. The maximum atomic E-state index is 6.17. The zero-order valence-electron chi connectivity index (χ0n) is 9.88. The van der Waals surface area contributed by atoms with Crippen molar-refractivity contribution in [2.75, 3.05) is 5.32 Å². The van der Waals surface area contributed by atoms with Gasteiger partial charge in [0.1, 0.15) is 5.82 Å². The van der Waals surface area contributed by atoms with E-state index in [1.807, 2.05) is 6.07 Å². The second kappa shape index (κ2) is 6.60. The molecule has 1 saturated carbocycles. The second-order valence-corrected chi connectivity index (χ2v) is 5.99. The molecule has 1 aromatic heterocycles. The van der Waals surface area contributed by atoms with Gasteiger partial charge in [0.05, 0.1) is 5.02 Å². The van der Waals surface area contributed by atoms with Crippen LogP contribution in [0.2, 0.25) is 5.02 Å². The highest BCUT2D eigenvalue weighted by atomic mass is 79.9. The Morgan fingerprint density at radius 2 is 1.82 bits per heavy atom. The summed E-state index contributed by atoms with van der Waals surface area (Å²) in [6, 6.07) is 2.42. The highest BCUT2D eigenvalue weighted by molar-refractivity contribution is 9.10. The zero-order valence-corrected chi connectivity index (χ0v) is 12.2. The number of halogens is 2. The Morgan fingerprint density at radius 3 is 2.47 bits per heavy atom. The fraction of sp³-hybridized carbons (Fsp3) is 0.615. The van der Waals surface area contributed by atoms with Gasteiger partial charge in [0.25, 0.3) is 0 Å². The largest absolute Gasteiger partial charge is 0.366 e. The predicted octanol–water partition coefficient (Wildman–Crippen LogP) is 5.02. The van der Waals surface area contributed by atoms with Crippen LogP contribution >= 0.6 is 27.5 Å². The fourth-order valence-electron chi connectivity index (χ4n) is 2.31. The second-order valence-electron chi connectivity index (χ2n) is 4.67. The molecule has 0 radical (unpaired) electrons. The first-order valence-electron chi connectivity index (χ1n) is 6.33. The highest BCUT2D eigenvalue weighted by Gasteiger charge is 2.13. The maximum Gasteiger partial charge on any atom is 0.145 e. The third-order valence-electron chi connectivity index (χ3n) is 3.25. The first-order chi connectivity index (χ1) is 8.25. The third-order valence-corrected chi connectivity index (χ3v) is 3.98. The van der Waals surface area contributed by atoms with Crippen molar-refractivity contribution in [3.8, 4) is 0 Å². The molecule has 0 saturated heterocycles. The Bertz CT molecular complexity index is 362.